The van der Waals surface area contributed by atoms with Gasteiger partial charge in [0, 0.05) is 29.5 Å². The Hall–Kier alpha value is -0.950. The van der Waals surface area contributed by atoms with E-state index in [0.29, 0.717) is 18.0 Å². The van der Waals surface area contributed by atoms with E-state index in [4.69, 9.17) is 19.9 Å². The Morgan fingerprint density at radius 3 is 2.70 bits per heavy atom. The molecule has 2 atom stereocenters. The Morgan fingerprint density at radius 1 is 1.30 bits per heavy atom. The topological polar surface area (TPSA) is 73.9 Å². The molecule has 1 aromatic rings. The molecule has 0 saturated heterocycles. The van der Waals surface area contributed by atoms with Crippen molar-refractivity contribution in [3.05, 3.63) is 18.2 Å². The lowest BCUT2D eigenvalue weighted by atomic mass is 10.3. The van der Waals surface area contributed by atoms with Gasteiger partial charge in [0.05, 0.1) is 32.5 Å². The minimum absolute atomic E-state index is 0.0225. The maximum Gasteiger partial charge on any atom is 0.134 e. The van der Waals surface area contributed by atoms with E-state index >= 15 is 0 Å². The van der Waals surface area contributed by atoms with Crippen molar-refractivity contribution in [2.24, 2.45) is 0 Å². The second-order valence-electron chi connectivity index (χ2n) is 4.47. The first-order valence-corrected chi connectivity index (χ1v) is 7.40. The highest BCUT2D eigenvalue weighted by Crippen LogP contribution is 2.31. The minimum atomic E-state index is -0.540. The van der Waals surface area contributed by atoms with Crippen molar-refractivity contribution >= 4 is 17.4 Å². The van der Waals surface area contributed by atoms with Crippen molar-refractivity contribution in [2.75, 3.05) is 38.9 Å². The number of anilines is 1. The molecule has 0 aliphatic heterocycles. The first-order valence-electron chi connectivity index (χ1n) is 6.41. The number of hydrogen-bond donors (Lipinski definition) is 2. The van der Waals surface area contributed by atoms with Crippen LogP contribution in [0.15, 0.2) is 23.1 Å². The van der Waals surface area contributed by atoms with Crippen molar-refractivity contribution in [3.8, 4) is 5.75 Å². The lowest BCUT2D eigenvalue weighted by Gasteiger charge is -2.16. The summed E-state index contributed by atoms with van der Waals surface area (Å²) in [7, 11) is 3.23. The van der Waals surface area contributed by atoms with Crippen LogP contribution in [0.25, 0.3) is 0 Å². The summed E-state index contributed by atoms with van der Waals surface area (Å²) in [6.07, 6.45) is -0.563. The van der Waals surface area contributed by atoms with Gasteiger partial charge in [-0.15, -0.1) is 11.8 Å². The average Bonchev–Trinajstić information content (AvgIpc) is 2.44. The van der Waals surface area contributed by atoms with Crippen LogP contribution < -0.4 is 10.5 Å². The van der Waals surface area contributed by atoms with E-state index in [1.165, 1.54) is 11.8 Å². The Labute approximate surface area is 124 Å². The van der Waals surface area contributed by atoms with Crippen LogP contribution in [0.5, 0.6) is 5.75 Å². The zero-order chi connectivity index (χ0) is 15.0. The monoisotopic (exact) mass is 301 g/mol. The Morgan fingerprint density at radius 2 is 2.05 bits per heavy atom. The van der Waals surface area contributed by atoms with Gasteiger partial charge in [-0.25, -0.2) is 0 Å². The number of hydrogen-bond acceptors (Lipinski definition) is 6. The molecular formula is C14H23NO4S. The van der Waals surface area contributed by atoms with Gasteiger partial charge in [-0.2, -0.15) is 0 Å². The second kappa shape index (κ2) is 9.07. The molecule has 0 radical (unpaired) electrons. The van der Waals surface area contributed by atoms with Gasteiger partial charge in [0.15, 0.2) is 0 Å². The van der Waals surface area contributed by atoms with Gasteiger partial charge in [-0.05, 0) is 19.1 Å². The molecule has 0 fully saturated rings. The molecule has 6 heteroatoms. The van der Waals surface area contributed by atoms with Crippen LogP contribution >= 0.6 is 11.8 Å². The first kappa shape index (κ1) is 17.1. The highest BCUT2D eigenvalue weighted by atomic mass is 32.2. The van der Waals surface area contributed by atoms with Crippen LogP contribution in [0.3, 0.4) is 0 Å². The normalized spacial score (nSPS) is 14.0. The average molecular weight is 301 g/mol. The predicted molar refractivity (Wildman–Crippen MR) is 81.4 cm³/mol. The quantitative estimate of drug-likeness (QED) is 0.535. The number of thioether (sulfide) groups is 1. The molecule has 3 N–H and O–H groups in total. The van der Waals surface area contributed by atoms with Crippen LogP contribution in [-0.2, 0) is 9.47 Å². The molecule has 0 saturated carbocycles. The lowest BCUT2D eigenvalue weighted by Crippen LogP contribution is -2.24. The Bertz CT molecular complexity index is 403. The zero-order valence-corrected chi connectivity index (χ0v) is 13.0. The molecule has 1 rings (SSSR count). The van der Waals surface area contributed by atoms with E-state index in [9.17, 15) is 5.11 Å². The van der Waals surface area contributed by atoms with Crippen molar-refractivity contribution in [1.29, 1.82) is 0 Å². The van der Waals surface area contributed by atoms with E-state index in [-0.39, 0.29) is 12.7 Å². The van der Waals surface area contributed by atoms with Gasteiger partial charge in [-0.3, -0.25) is 0 Å². The van der Waals surface area contributed by atoms with Crippen molar-refractivity contribution in [1.82, 2.24) is 0 Å². The highest BCUT2D eigenvalue weighted by molar-refractivity contribution is 7.99. The number of nitrogen functional groups attached to an aromatic ring is 1. The third kappa shape index (κ3) is 6.00. The second-order valence-corrected chi connectivity index (χ2v) is 5.54. The minimum Gasteiger partial charge on any atom is -0.496 e. The summed E-state index contributed by atoms with van der Waals surface area (Å²) in [5, 5.41) is 9.89. The van der Waals surface area contributed by atoms with Gasteiger partial charge in [0.2, 0.25) is 0 Å². The van der Waals surface area contributed by atoms with Crippen LogP contribution in [0, 0.1) is 0 Å². The number of rotatable bonds is 9. The van der Waals surface area contributed by atoms with E-state index < -0.39 is 6.10 Å². The number of nitrogens with two attached hydrogens (primary N) is 1. The molecule has 0 bridgehead atoms. The summed E-state index contributed by atoms with van der Waals surface area (Å²) in [6.45, 7) is 2.72. The molecular weight excluding hydrogens is 278 g/mol. The highest BCUT2D eigenvalue weighted by Gasteiger charge is 2.11. The van der Waals surface area contributed by atoms with Gasteiger partial charge in [-0.1, -0.05) is 0 Å². The molecule has 0 spiro atoms. The van der Waals surface area contributed by atoms with Crippen LogP contribution in [0.4, 0.5) is 5.69 Å². The van der Waals surface area contributed by atoms with Gasteiger partial charge in [0.25, 0.3) is 0 Å². The summed E-state index contributed by atoms with van der Waals surface area (Å²) >= 11 is 1.51. The van der Waals surface area contributed by atoms with Crippen LogP contribution in [0.2, 0.25) is 0 Å². The summed E-state index contributed by atoms with van der Waals surface area (Å²) in [5.41, 5.74) is 6.35. The van der Waals surface area contributed by atoms with Crippen molar-refractivity contribution in [2.45, 2.75) is 24.0 Å². The maximum atomic E-state index is 9.89. The summed E-state index contributed by atoms with van der Waals surface area (Å²) in [6, 6.07) is 5.47. The van der Waals surface area contributed by atoms with Gasteiger partial charge >= 0.3 is 0 Å². The van der Waals surface area contributed by atoms with E-state index in [0.717, 1.165) is 10.6 Å². The standard InChI is InChI=1S/C14H23NO4S/c1-10(7-17-2)19-8-12(16)9-20-14-5-4-11(15)6-13(14)18-3/h4-6,10,12,16H,7-9,15H2,1-3H3. The molecule has 0 aromatic heterocycles. The fraction of sp³-hybridized carbons (Fsp3) is 0.571. The largest absolute Gasteiger partial charge is 0.496 e. The SMILES string of the molecule is COCC(C)OCC(O)CSc1ccc(N)cc1OC. The third-order valence-corrected chi connectivity index (χ3v) is 3.79. The van der Waals surface area contributed by atoms with Crippen LogP contribution in [0.1, 0.15) is 6.92 Å². The number of aliphatic hydroxyl groups excluding tert-OH is 1. The smallest absolute Gasteiger partial charge is 0.134 e. The van der Waals surface area contributed by atoms with Crippen LogP contribution in [-0.4, -0.2) is 50.5 Å². The van der Waals surface area contributed by atoms with Crippen molar-refractivity contribution < 1.29 is 19.3 Å². The molecule has 0 heterocycles. The third-order valence-electron chi connectivity index (χ3n) is 2.59. The summed E-state index contributed by atoms with van der Waals surface area (Å²) in [5.74, 6) is 1.25. The zero-order valence-electron chi connectivity index (χ0n) is 12.2. The van der Waals surface area contributed by atoms with Crippen molar-refractivity contribution in [3.63, 3.8) is 0 Å². The molecule has 0 amide bonds. The van der Waals surface area contributed by atoms with Gasteiger partial charge in [0.1, 0.15) is 5.75 Å². The fourth-order valence-corrected chi connectivity index (χ4v) is 2.51. The fourth-order valence-electron chi connectivity index (χ4n) is 1.60. The number of aliphatic hydroxyl groups is 1. The first-order chi connectivity index (χ1) is 9.56. The molecule has 0 aliphatic rings. The number of benzene rings is 1. The Balaban J connectivity index is 2.39. The van der Waals surface area contributed by atoms with E-state index in [2.05, 4.69) is 0 Å². The van der Waals surface area contributed by atoms with E-state index in [1.54, 1.807) is 20.3 Å². The maximum absolute atomic E-state index is 9.89. The molecule has 0 aliphatic carbocycles. The molecule has 20 heavy (non-hydrogen) atoms. The van der Waals surface area contributed by atoms with E-state index in [1.807, 2.05) is 19.1 Å². The lowest BCUT2D eigenvalue weighted by molar-refractivity contribution is -0.0257. The summed E-state index contributed by atoms with van der Waals surface area (Å²) in [4.78, 5) is 0.950. The molecule has 114 valence electrons. The molecule has 1 aromatic carbocycles. The molecule has 5 nitrogen and oxygen atoms in total. The Kier molecular flexibility index (Phi) is 7.76. The number of methoxy groups -OCH3 is 2. The predicted octanol–water partition coefficient (Wildman–Crippen LogP) is 1.78. The molecule has 2 unspecified atom stereocenters. The summed E-state index contributed by atoms with van der Waals surface area (Å²) < 4.78 is 15.7. The van der Waals surface area contributed by atoms with Gasteiger partial charge < -0.3 is 25.1 Å². The number of ether oxygens (including phenoxy) is 3.